The van der Waals surface area contributed by atoms with Gasteiger partial charge in [-0.3, -0.25) is 0 Å². The van der Waals surface area contributed by atoms with Gasteiger partial charge in [0.1, 0.15) is 16.9 Å². The minimum atomic E-state index is -3.72. The van der Waals surface area contributed by atoms with Crippen LogP contribution in [0.5, 0.6) is 0 Å². The quantitative estimate of drug-likeness (QED) is 0.705. The van der Waals surface area contributed by atoms with Crippen LogP contribution < -0.4 is 0 Å². The molecule has 126 valence electrons. The van der Waals surface area contributed by atoms with Crippen LogP contribution in [0, 0.1) is 13.8 Å². The number of nitrogens with zero attached hydrogens (tertiary/aromatic N) is 3. The summed E-state index contributed by atoms with van der Waals surface area (Å²) in [6.07, 6.45) is 1.46. The SMILES string of the molecule is Cc1noc(C)c1S(=O)(=O)N(C)Cc1coc(-c2ccccc2)n1. The van der Waals surface area contributed by atoms with Crippen LogP contribution in [0.15, 0.2) is 50.4 Å². The fraction of sp³-hybridized carbons (Fsp3) is 0.250. The Bertz CT molecular complexity index is 925. The molecule has 0 radical (unpaired) electrons. The van der Waals surface area contributed by atoms with Gasteiger partial charge in [-0.2, -0.15) is 4.31 Å². The van der Waals surface area contributed by atoms with Crippen LogP contribution in [0.2, 0.25) is 0 Å². The van der Waals surface area contributed by atoms with Crippen LogP contribution in [0.4, 0.5) is 0 Å². The van der Waals surface area contributed by atoms with Crippen molar-refractivity contribution >= 4 is 10.0 Å². The molecule has 0 aliphatic carbocycles. The number of rotatable bonds is 5. The van der Waals surface area contributed by atoms with E-state index in [-0.39, 0.29) is 17.2 Å². The third-order valence-electron chi connectivity index (χ3n) is 3.59. The average Bonchev–Trinajstić information content (AvgIpc) is 3.15. The number of aryl methyl sites for hydroxylation is 2. The number of hydrogen-bond acceptors (Lipinski definition) is 6. The van der Waals surface area contributed by atoms with Crippen molar-refractivity contribution < 1.29 is 17.4 Å². The Hall–Kier alpha value is -2.45. The number of benzene rings is 1. The molecule has 8 heteroatoms. The van der Waals surface area contributed by atoms with Crippen LogP contribution in [-0.2, 0) is 16.6 Å². The highest BCUT2D eigenvalue weighted by molar-refractivity contribution is 7.89. The molecule has 0 atom stereocenters. The van der Waals surface area contributed by atoms with E-state index in [4.69, 9.17) is 8.94 Å². The molecular weight excluding hydrogens is 330 g/mol. The zero-order valence-corrected chi connectivity index (χ0v) is 14.4. The molecule has 0 saturated heterocycles. The molecule has 0 aliphatic rings. The van der Waals surface area contributed by atoms with E-state index in [2.05, 4.69) is 10.1 Å². The molecular formula is C16H17N3O4S. The van der Waals surface area contributed by atoms with E-state index < -0.39 is 10.0 Å². The molecule has 1 aromatic carbocycles. The van der Waals surface area contributed by atoms with Crippen molar-refractivity contribution in [1.29, 1.82) is 0 Å². The van der Waals surface area contributed by atoms with Gasteiger partial charge in [0.25, 0.3) is 0 Å². The van der Waals surface area contributed by atoms with Gasteiger partial charge in [-0.25, -0.2) is 13.4 Å². The summed E-state index contributed by atoms with van der Waals surface area (Å²) in [4.78, 5) is 4.44. The van der Waals surface area contributed by atoms with E-state index in [1.165, 1.54) is 17.6 Å². The van der Waals surface area contributed by atoms with Crippen LogP contribution >= 0.6 is 0 Å². The van der Waals surface area contributed by atoms with Gasteiger partial charge in [-0.15, -0.1) is 0 Å². The summed E-state index contributed by atoms with van der Waals surface area (Å²) in [6, 6.07) is 9.41. The highest BCUT2D eigenvalue weighted by Gasteiger charge is 2.29. The van der Waals surface area contributed by atoms with Crippen molar-refractivity contribution in [2.75, 3.05) is 7.05 Å². The molecule has 0 amide bonds. The minimum absolute atomic E-state index is 0.0860. The second kappa shape index (κ2) is 6.21. The zero-order valence-electron chi connectivity index (χ0n) is 13.6. The van der Waals surface area contributed by atoms with Crippen molar-refractivity contribution in [3.05, 3.63) is 53.7 Å². The Morgan fingerprint density at radius 3 is 2.50 bits per heavy atom. The van der Waals surface area contributed by atoms with Crippen LogP contribution in [0.3, 0.4) is 0 Å². The highest BCUT2D eigenvalue weighted by Crippen LogP contribution is 2.24. The summed E-state index contributed by atoms with van der Waals surface area (Å²) in [5, 5.41) is 3.70. The van der Waals surface area contributed by atoms with Crippen LogP contribution in [-0.4, -0.2) is 29.9 Å². The summed E-state index contributed by atoms with van der Waals surface area (Å²) in [7, 11) is -2.23. The zero-order chi connectivity index (χ0) is 17.3. The predicted octanol–water partition coefficient (Wildman–Crippen LogP) is 2.77. The monoisotopic (exact) mass is 347 g/mol. The summed E-state index contributed by atoms with van der Waals surface area (Å²) < 4.78 is 37.0. The standard InChI is InChI=1S/C16H17N3O4S/c1-11-15(12(2)23-18-11)24(20,21)19(3)9-14-10-22-16(17-14)13-7-5-4-6-8-13/h4-8,10H,9H2,1-3H3. The smallest absolute Gasteiger partial charge is 0.248 e. The first-order chi connectivity index (χ1) is 11.4. The maximum atomic E-state index is 12.7. The van der Waals surface area contributed by atoms with Gasteiger partial charge in [0.15, 0.2) is 5.76 Å². The molecule has 0 unspecified atom stereocenters. The van der Waals surface area contributed by atoms with E-state index in [1.54, 1.807) is 13.8 Å². The Labute approximate surface area is 140 Å². The van der Waals surface area contributed by atoms with E-state index in [0.29, 0.717) is 17.3 Å². The Balaban J connectivity index is 1.83. The first kappa shape index (κ1) is 16.4. The molecule has 3 aromatic rings. The fourth-order valence-electron chi connectivity index (χ4n) is 2.40. The van der Waals surface area contributed by atoms with E-state index in [1.807, 2.05) is 30.3 Å². The second-order valence-corrected chi connectivity index (χ2v) is 7.41. The Kier molecular flexibility index (Phi) is 4.25. The minimum Gasteiger partial charge on any atom is -0.444 e. The number of sulfonamides is 1. The molecule has 2 aromatic heterocycles. The third kappa shape index (κ3) is 2.98. The van der Waals surface area contributed by atoms with E-state index in [0.717, 1.165) is 5.56 Å². The number of oxazole rings is 1. The second-order valence-electron chi connectivity index (χ2n) is 5.42. The molecule has 0 saturated carbocycles. The first-order valence-corrected chi connectivity index (χ1v) is 8.72. The summed E-state index contributed by atoms with van der Waals surface area (Å²) in [5.41, 5.74) is 1.69. The number of hydrogen-bond donors (Lipinski definition) is 0. The van der Waals surface area contributed by atoms with Crippen molar-refractivity contribution in [2.45, 2.75) is 25.3 Å². The van der Waals surface area contributed by atoms with Gasteiger partial charge in [0, 0.05) is 12.6 Å². The molecule has 0 spiro atoms. The normalized spacial score (nSPS) is 12.0. The molecule has 0 N–H and O–H groups in total. The van der Waals surface area contributed by atoms with Crippen molar-refractivity contribution in [3.63, 3.8) is 0 Å². The Morgan fingerprint density at radius 2 is 1.88 bits per heavy atom. The topological polar surface area (TPSA) is 89.4 Å². The molecule has 0 bridgehead atoms. The summed E-state index contributed by atoms with van der Waals surface area (Å²) in [5.74, 6) is 0.721. The van der Waals surface area contributed by atoms with Gasteiger partial charge >= 0.3 is 0 Å². The van der Waals surface area contributed by atoms with E-state index in [9.17, 15) is 8.42 Å². The van der Waals surface area contributed by atoms with E-state index >= 15 is 0 Å². The molecule has 0 aliphatic heterocycles. The van der Waals surface area contributed by atoms with Crippen LogP contribution in [0.1, 0.15) is 17.1 Å². The van der Waals surface area contributed by atoms with Gasteiger partial charge in [0.2, 0.25) is 15.9 Å². The maximum Gasteiger partial charge on any atom is 0.248 e. The molecule has 2 heterocycles. The lowest BCUT2D eigenvalue weighted by Gasteiger charge is -2.15. The largest absolute Gasteiger partial charge is 0.444 e. The average molecular weight is 347 g/mol. The van der Waals surface area contributed by atoms with Gasteiger partial charge in [-0.1, -0.05) is 23.4 Å². The number of aromatic nitrogens is 2. The summed E-state index contributed by atoms with van der Waals surface area (Å²) >= 11 is 0. The first-order valence-electron chi connectivity index (χ1n) is 7.28. The Morgan fingerprint density at radius 1 is 1.17 bits per heavy atom. The molecule has 7 nitrogen and oxygen atoms in total. The van der Waals surface area contributed by atoms with Gasteiger partial charge in [0.05, 0.1) is 12.2 Å². The molecule has 24 heavy (non-hydrogen) atoms. The van der Waals surface area contributed by atoms with Gasteiger partial charge < -0.3 is 8.94 Å². The third-order valence-corrected chi connectivity index (χ3v) is 5.64. The maximum absolute atomic E-state index is 12.7. The fourth-order valence-corrected chi connectivity index (χ4v) is 3.83. The highest BCUT2D eigenvalue weighted by atomic mass is 32.2. The predicted molar refractivity (Wildman–Crippen MR) is 86.6 cm³/mol. The lowest BCUT2D eigenvalue weighted by atomic mass is 10.2. The van der Waals surface area contributed by atoms with Crippen LogP contribution in [0.25, 0.3) is 11.5 Å². The van der Waals surface area contributed by atoms with Gasteiger partial charge in [-0.05, 0) is 26.0 Å². The molecule has 0 fully saturated rings. The molecule has 3 rings (SSSR count). The van der Waals surface area contributed by atoms with Crippen molar-refractivity contribution in [2.24, 2.45) is 0 Å². The van der Waals surface area contributed by atoms with Crippen molar-refractivity contribution in [1.82, 2.24) is 14.4 Å². The van der Waals surface area contributed by atoms with Crippen molar-refractivity contribution in [3.8, 4) is 11.5 Å². The lowest BCUT2D eigenvalue weighted by molar-refractivity contribution is 0.389. The lowest BCUT2D eigenvalue weighted by Crippen LogP contribution is -2.27. The summed E-state index contributed by atoms with van der Waals surface area (Å²) in [6.45, 7) is 3.26.